The van der Waals surface area contributed by atoms with Crippen molar-refractivity contribution >= 4 is 11.7 Å². The highest BCUT2D eigenvalue weighted by molar-refractivity contribution is 5.76. The van der Waals surface area contributed by atoms with Crippen LogP contribution in [0, 0.1) is 12.8 Å². The molecule has 16 heavy (non-hydrogen) atoms. The fourth-order valence-corrected chi connectivity index (χ4v) is 2.10. The summed E-state index contributed by atoms with van der Waals surface area (Å²) in [5.41, 5.74) is 6.33. The van der Waals surface area contributed by atoms with Crippen LogP contribution in [0.3, 0.4) is 0 Å². The number of hydrogen-bond acceptors (Lipinski definition) is 3. The number of nitrogens with zero attached hydrogens (tertiary/aromatic N) is 2. The predicted molar refractivity (Wildman–Crippen MR) is 63.1 cm³/mol. The first-order chi connectivity index (χ1) is 7.66. The van der Waals surface area contributed by atoms with E-state index in [1.165, 1.54) is 0 Å². The van der Waals surface area contributed by atoms with Crippen molar-refractivity contribution in [3.05, 3.63) is 23.9 Å². The monoisotopic (exact) mass is 219 g/mol. The van der Waals surface area contributed by atoms with Gasteiger partial charge in [0.1, 0.15) is 5.82 Å². The van der Waals surface area contributed by atoms with Crippen molar-refractivity contribution in [3.8, 4) is 0 Å². The molecule has 1 amide bonds. The van der Waals surface area contributed by atoms with Crippen molar-refractivity contribution < 1.29 is 4.79 Å². The topological polar surface area (TPSA) is 59.2 Å². The van der Waals surface area contributed by atoms with Crippen LogP contribution < -0.4 is 10.6 Å². The standard InChI is InChI=1S/C12H17N3O/c1-9-3-2-4-11(14-9)15-7-5-10(6-8-15)12(13)16/h2-4,10H,5-8H2,1H3,(H2,13,16). The van der Waals surface area contributed by atoms with Gasteiger partial charge in [0.05, 0.1) is 0 Å². The molecule has 0 bridgehead atoms. The van der Waals surface area contributed by atoms with Crippen molar-refractivity contribution in [2.75, 3.05) is 18.0 Å². The first-order valence-corrected chi connectivity index (χ1v) is 5.65. The van der Waals surface area contributed by atoms with Gasteiger partial charge in [-0.2, -0.15) is 0 Å². The Morgan fingerprint density at radius 2 is 2.12 bits per heavy atom. The molecule has 0 saturated carbocycles. The van der Waals surface area contributed by atoms with Gasteiger partial charge in [-0.3, -0.25) is 4.79 Å². The number of rotatable bonds is 2. The molecule has 0 atom stereocenters. The van der Waals surface area contributed by atoms with E-state index in [2.05, 4.69) is 9.88 Å². The summed E-state index contributed by atoms with van der Waals surface area (Å²) in [6, 6.07) is 6.01. The number of piperidine rings is 1. The highest BCUT2D eigenvalue weighted by Gasteiger charge is 2.23. The van der Waals surface area contributed by atoms with Gasteiger partial charge in [0.15, 0.2) is 0 Å². The fourth-order valence-electron chi connectivity index (χ4n) is 2.10. The Morgan fingerprint density at radius 1 is 1.44 bits per heavy atom. The maximum atomic E-state index is 11.0. The first-order valence-electron chi connectivity index (χ1n) is 5.65. The summed E-state index contributed by atoms with van der Waals surface area (Å²) in [7, 11) is 0. The van der Waals surface area contributed by atoms with Crippen LogP contribution in [-0.2, 0) is 4.79 Å². The highest BCUT2D eigenvalue weighted by atomic mass is 16.1. The van der Waals surface area contributed by atoms with Crippen LogP contribution in [0.1, 0.15) is 18.5 Å². The van der Waals surface area contributed by atoms with Crippen LogP contribution in [0.4, 0.5) is 5.82 Å². The minimum absolute atomic E-state index is 0.0426. The molecular formula is C12H17N3O. The minimum Gasteiger partial charge on any atom is -0.369 e. The van der Waals surface area contributed by atoms with E-state index in [0.29, 0.717) is 0 Å². The maximum absolute atomic E-state index is 11.0. The number of anilines is 1. The van der Waals surface area contributed by atoms with Gasteiger partial charge >= 0.3 is 0 Å². The lowest BCUT2D eigenvalue weighted by atomic mass is 9.96. The normalized spacial score (nSPS) is 17.4. The molecule has 0 radical (unpaired) electrons. The van der Waals surface area contributed by atoms with Crippen LogP contribution in [-0.4, -0.2) is 24.0 Å². The number of hydrogen-bond donors (Lipinski definition) is 1. The predicted octanol–water partition coefficient (Wildman–Crippen LogP) is 1.09. The van der Waals surface area contributed by atoms with Gasteiger partial charge in [0.2, 0.25) is 5.91 Å². The molecule has 1 saturated heterocycles. The van der Waals surface area contributed by atoms with Gasteiger partial charge < -0.3 is 10.6 Å². The lowest BCUT2D eigenvalue weighted by Gasteiger charge is -2.31. The van der Waals surface area contributed by atoms with Crippen molar-refractivity contribution in [2.24, 2.45) is 11.7 Å². The van der Waals surface area contributed by atoms with E-state index >= 15 is 0 Å². The van der Waals surface area contributed by atoms with Crippen molar-refractivity contribution in [1.29, 1.82) is 0 Å². The van der Waals surface area contributed by atoms with Gasteiger partial charge in [-0.05, 0) is 31.9 Å². The Hall–Kier alpha value is -1.58. The minimum atomic E-state index is -0.170. The van der Waals surface area contributed by atoms with E-state index in [4.69, 9.17) is 5.73 Å². The number of aryl methyl sites for hydroxylation is 1. The molecule has 86 valence electrons. The lowest BCUT2D eigenvalue weighted by Crippen LogP contribution is -2.38. The van der Waals surface area contributed by atoms with E-state index in [1.807, 2.05) is 25.1 Å². The maximum Gasteiger partial charge on any atom is 0.220 e. The van der Waals surface area contributed by atoms with Gasteiger partial charge in [0.25, 0.3) is 0 Å². The Balaban J connectivity index is 2.01. The molecule has 0 unspecified atom stereocenters. The molecule has 1 fully saturated rings. The van der Waals surface area contributed by atoms with Crippen LogP contribution in [0.25, 0.3) is 0 Å². The molecule has 1 aromatic heterocycles. The lowest BCUT2D eigenvalue weighted by molar-refractivity contribution is -0.122. The molecule has 2 N–H and O–H groups in total. The number of pyridine rings is 1. The highest BCUT2D eigenvalue weighted by Crippen LogP contribution is 2.21. The summed E-state index contributed by atoms with van der Waals surface area (Å²) in [6.45, 7) is 3.72. The summed E-state index contributed by atoms with van der Waals surface area (Å²) >= 11 is 0. The van der Waals surface area contributed by atoms with Gasteiger partial charge in [-0.15, -0.1) is 0 Å². The molecular weight excluding hydrogens is 202 g/mol. The van der Waals surface area contributed by atoms with Gasteiger partial charge in [-0.1, -0.05) is 6.07 Å². The average molecular weight is 219 g/mol. The Labute approximate surface area is 95.5 Å². The number of nitrogens with two attached hydrogens (primary N) is 1. The van der Waals surface area contributed by atoms with E-state index in [1.54, 1.807) is 0 Å². The van der Waals surface area contributed by atoms with E-state index in [-0.39, 0.29) is 11.8 Å². The third-order valence-corrected chi connectivity index (χ3v) is 3.09. The van der Waals surface area contributed by atoms with E-state index in [9.17, 15) is 4.79 Å². The molecule has 0 aromatic carbocycles. The zero-order valence-electron chi connectivity index (χ0n) is 9.52. The van der Waals surface area contributed by atoms with E-state index in [0.717, 1.165) is 37.4 Å². The molecule has 1 aliphatic heterocycles. The van der Waals surface area contributed by atoms with Crippen LogP contribution >= 0.6 is 0 Å². The van der Waals surface area contributed by atoms with Crippen molar-refractivity contribution in [3.63, 3.8) is 0 Å². The second-order valence-electron chi connectivity index (χ2n) is 4.30. The second-order valence-corrected chi connectivity index (χ2v) is 4.30. The van der Waals surface area contributed by atoms with E-state index < -0.39 is 0 Å². The Morgan fingerprint density at radius 3 is 2.69 bits per heavy atom. The van der Waals surface area contributed by atoms with Crippen molar-refractivity contribution in [1.82, 2.24) is 4.98 Å². The molecule has 0 aliphatic carbocycles. The Bertz CT molecular complexity index is 384. The molecule has 0 spiro atoms. The molecule has 2 rings (SSSR count). The molecule has 4 nitrogen and oxygen atoms in total. The largest absolute Gasteiger partial charge is 0.369 e. The first kappa shape index (κ1) is 10.9. The average Bonchev–Trinajstić information content (AvgIpc) is 2.29. The van der Waals surface area contributed by atoms with Gasteiger partial charge in [0, 0.05) is 24.7 Å². The summed E-state index contributed by atoms with van der Waals surface area (Å²) in [6.07, 6.45) is 1.68. The number of aromatic nitrogens is 1. The van der Waals surface area contributed by atoms with Crippen LogP contribution in [0.15, 0.2) is 18.2 Å². The quantitative estimate of drug-likeness (QED) is 0.810. The van der Waals surface area contributed by atoms with Crippen LogP contribution in [0.2, 0.25) is 0 Å². The summed E-state index contributed by atoms with van der Waals surface area (Å²) in [4.78, 5) is 17.7. The number of carbonyl (C=O) groups excluding carboxylic acids is 1. The van der Waals surface area contributed by atoms with Crippen molar-refractivity contribution in [2.45, 2.75) is 19.8 Å². The molecule has 4 heteroatoms. The fraction of sp³-hybridized carbons (Fsp3) is 0.500. The molecule has 1 aliphatic rings. The SMILES string of the molecule is Cc1cccc(N2CCC(C(N)=O)CC2)n1. The smallest absolute Gasteiger partial charge is 0.220 e. The number of amides is 1. The van der Waals surface area contributed by atoms with Crippen LogP contribution in [0.5, 0.6) is 0 Å². The summed E-state index contributed by atoms with van der Waals surface area (Å²) < 4.78 is 0. The number of carbonyl (C=O) groups is 1. The zero-order valence-corrected chi connectivity index (χ0v) is 9.52. The Kier molecular flexibility index (Phi) is 3.08. The molecule has 1 aromatic rings. The number of primary amides is 1. The second kappa shape index (κ2) is 4.51. The van der Waals surface area contributed by atoms with Gasteiger partial charge in [-0.25, -0.2) is 4.98 Å². The summed E-state index contributed by atoms with van der Waals surface area (Å²) in [5, 5.41) is 0. The molecule has 2 heterocycles. The third kappa shape index (κ3) is 2.32. The summed E-state index contributed by atoms with van der Waals surface area (Å²) in [5.74, 6) is 0.876. The third-order valence-electron chi connectivity index (χ3n) is 3.09. The zero-order chi connectivity index (χ0) is 11.5.